The highest BCUT2D eigenvalue weighted by Crippen LogP contribution is 2.13. The molecule has 0 atom stereocenters. The number of thiazole rings is 1. The summed E-state index contributed by atoms with van der Waals surface area (Å²) >= 11 is 1.55. The number of hydrogen-bond donors (Lipinski definition) is 1. The standard InChI is InChI=1S/C10H10N2O2S/c13-5-8-1-2-9(3-12-8)14-6-10-4-11-7-15-10/h1-4,7,13H,5-6H2. The van der Waals surface area contributed by atoms with Crippen LogP contribution in [0.2, 0.25) is 0 Å². The Hall–Kier alpha value is -1.46. The maximum Gasteiger partial charge on any atom is 0.138 e. The topological polar surface area (TPSA) is 55.2 Å². The second-order valence-electron chi connectivity index (χ2n) is 2.90. The maximum absolute atomic E-state index is 8.80. The van der Waals surface area contributed by atoms with Crippen LogP contribution in [0.15, 0.2) is 30.0 Å². The van der Waals surface area contributed by atoms with Crippen molar-refractivity contribution in [3.05, 3.63) is 40.6 Å². The van der Waals surface area contributed by atoms with Crippen molar-refractivity contribution in [1.82, 2.24) is 9.97 Å². The van der Waals surface area contributed by atoms with Gasteiger partial charge in [0.2, 0.25) is 0 Å². The van der Waals surface area contributed by atoms with Crippen molar-refractivity contribution >= 4 is 11.3 Å². The van der Waals surface area contributed by atoms with Crippen LogP contribution < -0.4 is 4.74 Å². The quantitative estimate of drug-likeness (QED) is 0.853. The molecule has 78 valence electrons. The van der Waals surface area contributed by atoms with E-state index < -0.39 is 0 Å². The highest BCUT2D eigenvalue weighted by atomic mass is 32.1. The van der Waals surface area contributed by atoms with E-state index in [1.165, 1.54) is 0 Å². The second-order valence-corrected chi connectivity index (χ2v) is 3.87. The molecule has 4 nitrogen and oxygen atoms in total. The predicted octanol–water partition coefficient (Wildman–Crippen LogP) is 1.61. The van der Waals surface area contributed by atoms with Gasteiger partial charge in [-0.15, -0.1) is 11.3 Å². The molecule has 5 heteroatoms. The van der Waals surface area contributed by atoms with Gasteiger partial charge in [0.15, 0.2) is 0 Å². The van der Waals surface area contributed by atoms with Crippen LogP contribution in [0.5, 0.6) is 5.75 Å². The van der Waals surface area contributed by atoms with Gasteiger partial charge < -0.3 is 9.84 Å². The Kier molecular flexibility index (Phi) is 3.26. The molecule has 0 radical (unpaired) electrons. The van der Waals surface area contributed by atoms with Gasteiger partial charge in [-0.2, -0.15) is 0 Å². The number of pyridine rings is 1. The lowest BCUT2D eigenvalue weighted by atomic mass is 10.3. The molecule has 2 aromatic rings. The van der Waals surface area contributed by atoms with Crippen LogP contribution in [0, 0.1) is 0 Å². The number of aliphatic hydroxyl groups is 1. The molecule has 0 unspecified atom stereocenters. The summed E-state index contributed by atoms with van der Waals surface area (Å²) in [6, 6.07) is 3.53. The van der Waals surface area contributed by atoms with E-state index in [2.05, 4.69) is 9.97 Å². The lowest BCUT2D eigenvalue weighted by molar-refractivity contribution is 0.275. The Morgan fingerprint density at radius 1 is 1.33 bits per heavy atom. The first-order valence-corrected chi connectivity index (χ1v) is 5.32. The van der Waals surface area contributed by atoms with E-state index in [1.54, 1.807) is 41.4 Å². The minimum atomic E-state index is -0.0465. The molecule has 0 aliphatic heterocycles. The molecule has 0 fully saturated rings. The molecule has 0 amide bonds. The molecule has 0 aromatic carbocycles. The SMILES string of the molecule is OCc1ccc(OCc2cncs2)cn1. The van der Waals surface area contributed by atoms with E-state index in [1.807, 2.05) is 0 Å². The summed E-state index contributed by atoms with van der Waals surface area (Å²) in [7, 11) is 0. The molecule has 0 saturated carbocycles. The van der Waals surface area contributed by atoms with Gasteiger partial charge in [-0.3, -0.25) is 9.97 Å². The van der Waals surface area contributed by atoms with Crippen LogP contribution in [-0.4, -0.2) is 15.1 Å². The number of aromatic nitrogens is 2. The molecule has 2 aromatic heterocycles. The number of hydrogen-bond acceptors (Lipinski definition) is 5. The van der Waals surface area contributed by atoms with E-state index in [9.17, 15) is 0 Å². The van der Waals surface area contributed by atoms with Crippen molar-refractivity contribution in [2.45, 2.75) is 13.2 Å². The zero-order valence-electron chi connectivity index (χ0n) is 7.96. The van der Waals surface area contributed by atoms with Gasteiger partial charge >= 0.3 is 0 Å². The van der Waals surface area contributed by atoms with Crippen molar-refractivity contribution < 1.29 is 9.84 Å². The average molecular weight is 222 g/mol. The highest BCUT2D eigenvalue weighted by molar-refractivity contribution is 7.09. The van der Waals surface area contributed by atoms with Crippen molar-refractivity contribution in [1.29, 1.82) is 0 Å². The first kappa shape index (κ1) is 10.1. The van der Waals surface area contributed by atoms with E-state index >= 15 is 0 Å². The van der Waals surface area contributed by atoms with Crippen molar-refractivity contribution in [3.8, 4) is 5.75 Å². The lowest BCUT2D eigenvalue weighted by Crippen LogP contribution is -1.95. The average Bonchev–Trinajstić information content (AvgIpc) is 2.80. The zero-order chi connectivity index (χ0) is 10.5. The van der Waals surface area contributed by atoms with Gasteiger partial charge in [0.25, 0.3) is 0 Å². The summed E-state index contributed by atoms with van der Waals surface area (Å²) in [4.78, 5) is 9.03. The molecule has 0 aliphatic rings. The number of ether oxygens (including phenoxy) is 1. The molecule has 0 bridgehead atoms. The normalized spacial score (nSPS) is 10.2. The molecular weight excluding hydrogens is 212 g/mol. The first-order chi connectivity index (χ1) is 7.38. The van der Waals surface area contributed by atoms with Gasteiger partial charge in [-0.1, -0.05) is 0 Å². The third-order valence-electron chi connectivity index (χ3n) is 1.82. The van der Waals surface area contributed by atoms with Gasteiger partial charge in [-0.05, 0) is 12.1 Å². The van der Waals surface area contributed by atoms with Crippen LogP contribution in [0.1, 0.15) is 10.6 Å². The van der Waals surface area contributed by atoms with Crippen molar-refractivity contribution in [3.63, 3.8) is 0 Å². The minimum absolute atomic E-state index is 0.0465. The van der Waals surface area contributed by atoms with E-state index in [4.69, 9.17) is 9.84 Å². The first-order valence-electron chi connectivity index (χ1n) is 4.44. The summed E-state index contributed by atoms with van der Waals surface area (Å²) in [6.45, 7) is 0.458. The van der Waals surface area contributed by atoms with Crippen LogP contribution in [0.3, 0.4) is 0 Å². The van der Waals surface area contributed by atoms with E-state index in [-0.39, 0.29) is 6.61 Å². The molecule has 0 saturated heterocycles. The molecule has 2 rings (SSSR count). The second kappa shape index (κ2) is 4.86. The summed E-state index contributed by atoms with van der Waals surface area (Å²) in [6.07, 6.45) is 3.38. The Bertz CT molecular complexity index is 400. The Morgan fingerprint density at radius 3 is 2.87 bits per heavy atom. The highest BCUT2D eigenvalue weighted by Gasteiger charge is 1.98. The Morgan fingerprint density at radius 2 is 2.27 bits per heavy atom. The van der Waals surface area contributed by atoms with E-state index in [0.29, 0.717) is 18.1 Å². The summed E-state index contributed by atoms with van der Waals surface area (Å²) in [5.74, 6) is 0.695. The number of rotatable bonds is 4. The Balaban J connectivity index is 1.93. The summed E-state index contributed by atoms with van der Waals surface area (Å²) < 4.78 is 5.48. The summed E-state index contributed by atoms with van der Waals surface area (Å²) in [5, 5.41) is 8.80. The van der Waals surface area contributed by atoms with Crippen LogP contribution >= 0.6 is 11.3 Å². The van der Waals surface area contributed by atoms with Crippen LogP contribution in [0.4, 0.5) is 0 Å². The molecule has 1 N–H and O–H groups in total. The lowest BCUT2D eigenvalue weighted by Gasteiger charge is -2.03. The van der Waals surface area contributed by atoms with Crippen LogP contribution in [0.25, 0.3) is 0 Å². The van der Waals surface area contributed by atoms with Gasteiger partial charge in [0.1, 0.15) is 12.4 Å². The van der Waals surface area contributed by atoms with Crippen molar-refractivity contribution in [2.24, 2.45) is 0 Å². The molecule has 2 heterocycles. The third kappa shape index (κ3) is 2.74. The maximum atomic E-state index is 8.80. The fourth-order valence-corrected chi connectivity index (χ4v) is 1.56. The fourth-order valence-electron chi connectivity index (χ4n) is 1.06. The van der Waals surface area contributed by atoms with Gasteiger partial charge in [-0.25, -0.2) is 0 Å². The van der Waals surface area contributed by atoms with Crippen LogP contribution in [-0.2, 0) is 13.2 Å². The molecule has 0 aliphatic carbocycles. The monoisotopic (exact) mass is 222 g/mol. The Labute approximate surface area is 91.2 Å². The summed E-state index contributed by atoms with van der Waals surface area (Å²) in [5.41, 5.74) is 2.41. The molecule has 15 heavy (non-hydrogen) atoms. The third-order valence-corrected chi connectivity index (χ3v) is 2.58. The predicted molar refractivity (Wildman–Crippen MR) is 56.6 cm³/mol. The largest absolute Gasteiger partial charge is 0.486 e. The minimum Gasteiger partial charge on any atom is -0.486 e. The zero-order valence-corrected chi connectivity index (χ0v) is 8.78. The smallest absolute Gasteiger partial charge is 0.138 e. The van der Waals surface area contributed by atoms with Gasteiger partial charge in [0, 0.05) is 6.20 Å². The number of aliphatic hydroxyl groups excluding tert-OH is 1. The van der Waals surface area contributed by atoms with E-state index in [0.717, 1.165) is 4.88 Å². The fraction of sp³-hybridized carbons (Fsp3) is 0.200. The number of nitrogens with zero attached hydrogens (tertiary/aromatic N) is 2. The molecular formula is C10H10N2O2S. The van der Waals surface area contributed by atoms with Gasteiger partial charge in [0.05, 0.1) is 28.9 Å². The van der Waals surface area contributed by atoms with Crippen molar-refractivity contribution in [2.75, 3.05) is 0 Å². The molecule has 0 spiro atoms.